The van der Waals surface area contributed by atoms with Gasteiger partial charge in [-0.15, -0.1) is 0 Å². The molecule has 0 atom stereocenters. The first-order valence-corrected chi connectivity index (χ1v) is 7.03. The summed E-state index contributed by atoms with van der Waals surface area (Å²) in [5.41, 5.74) is 3.88. The molecule has 1 aromatic carbocycles. The zero-order valence-electron chi connectivity index (χ0n) is 12.0. The quantitative estimate of drug-likeness (QED) is 0.782. The lowest BCUT2D eigenvalue weighted by atomic mass is 10.2. The van der Waals surface area contributed by atoms with Crippen molar-refractivity contribution in [1.29, 1.82) is 0 Å². The van der Waals surface area contributed by atoms with Crippen molar-refractivity contribution in [1.82, 2.24) is 9.38 Å². The van der Waals surface area contributed by atoms with Crippen molar-refractivity contribution in [2.75, 3.05) is 6.61 Å². The zero-order valence-corrected chi connectivity index (χ0v) is 12.0. The maximum atomic E-state index is 9.17. The number of hydrogen-bond acceptors (Lipinski definition) is 3. The Morgan fingerprint density at radius 3 is 2.71 bits per heavy atom. The Labute approximate surface area is 123 Å². The molecule has 0 amide bonds. The number of ether oxygens (including phenoxy) is 1. The van der Waals surface area contributed by atoms with E-state index >= 15 is 0 Å². The number of aromatic nitrogens is 2. The van der Waals surface area contributed by atoms with Gasteiger partial charge in [0.1, 0.15) is 6.61 Å². The average Bonchev–Trinajstić information content (AvgIpc) is 2.83. The third-order valence-corrected chi connectivity index (χ3v) is 3.50. The molecule has 2 heterocycles. The van der Waals surface area contributed by atoms with Crippen molar-refractivity contribution < 1.29 is 9.84 Å². The van der Waals surface area contributed by atoms with Crippen LogP contribution in [0.5, 0.6) is 5.75 Å². The molecule has 2 aromatic heterocycles. The molecule has 1 N–H and O–H groups in total. The second kappa shape index (κ2) is 5.97. The summed E-state index contributed by atoms with van der Waals surface area (Å²) in [5, 5.41) is 9.17. The fraction of sp³-hybridized carbons (Fsp3) is 0.235. The molecule has 0 aliphatic carbocycles. The molecule has 0 radical (unpaired) electrons. The van der Waals surface area contributed by atoms with E-state index in [-0.39, 0.29) is 6.61 Å². The van der Waals surface area contributed by atoms with Crippen molar-refractivity contribution in [3.63, 3.8) is 0 Å². The van der Waals surface area contributed by atoms with E-state index in [9.17, 15) is 5.11 Å². The van der Waals surface area contributed by atoms with Crippen LogP contribution in [-0.2, 0) is 13.0 Å². The number of benzene rings is 1. The summed E-state index contributed by atoms with van der Waals surface area (Å²) in [6, 6.07) is 13.9. The van der Waals surface area contributed by atoms with E-state index in [4.69, 9.17) is 4.74 Å². The van der Waals surface area contributed by atoms with Crippen LogP contribution in [0.2, 0.25) is 0 Å². The summed E-state index contributed by atoms with van der Waals surface area (Å²) in [4.78, 5) is 4.57. The molecule has 0 spiro atoms. The average molecular weight is 282 g/mol. The van der Waals surface area contributed by atoms with Gasteiger partial charge in [-0.25, -0.2) is 4.98 Å². The van der Waals surface area contributed by atoms with Gasteiger partial charge in [0.2, 0.25) is 0 Å². The molecule has 3 aromatic rings. The first-order valence-electron chi connectivity index (χ1n) is 7.03. The number of aliphatic hydroxyl groups is 1. The van der Waals surface area contributed by atoms with Gasteiger partial charge in [0.05, 0.1) is 5.69 Å². The van der Waals surface area contributed by atoms with Crippen LogP contribution in [0.4, 0.5) is 0 Å². The molecule has 0 unspecified atom stereocenters. The van der Waals surface area contributed by atoms with Crippen molar-refractivity contribution >= 4 is 5.65 Å². The van der Waals surface area contributed by atoms with Gasteiger partial charge in [-0.1, -0.05) is 30.3 Å². The number of nitrogens with zero attached hydrogens (tertiary/aromatic N) is 2. The molecule has 0 aliphatic rings. The van der Waals surface area contributed by atoms with E-state index in [2.05, 4.69) is 4.98 Å². The highest BCUT2D eigenvalue weighted by atomic mass is 16.5. The number of aryl methyl sites for hydroxylation is 1. The molecule has 0 saturated heterocycles. The molecule has 0 bridgehead atoms. The van der Waals surface area contributed by atoms with Crippen LogP contribution in [0.3, 0.4) is 0 Å². The molecule has 3 rings (SSSR count). The van der Waals surface area contributed by atoms with Crippen LogP contribution in [0.25, 0.3) is 5.65 Å². The summed E-state index contributed by atoms with van der Waals surface area (Å²) in [7, 11) is 0. The summed E-state index contributed by atoms with van der Waals surface area (Å²) in [5.74, 6) is 0.758. The van der Waals surface area contributed by atoms with E-state index in [1.165, 1.54) is 0 Å². The second-order valence-electron chi connectivity index (χ2n) is 4.96. The minimum Gasteiger partial charge on any atom is -0.485 e. The van der Waals surface area contributed by atoms with Gasteiger partial charge in [0.25, 0.3) is 0 Å². The number of hydrogen-bond donors (Lipinski definition) is 1. The highest BCUT2D eigenvalue weighted by molar-refractivity contribution is 5.56. The van der Waals surface area contributed by atoms with E-state index in [1.807, 2.05) is 60.0 Å². The van der Waals surface area contributed by atoms with Gasteiger partial charge in [0, 0.05) is 24.9 Å². The van der Waals surface area contributed by atoms with Crippen molar-refractivity contribution in [3.8, 4) is 5.75 Å². The molecule has 4 nitrogen and oxygen atoms in total. The Hall–Kier alpha value is -2.33. The van der Waals surface area contributed by atoms with E-state index in [1.54, 1.807) is 0 Å². The standard InChI is InChI=1S/C17H18N2O2/c1-13-15(9-11-20)19-10-5-8-16(17(19)18-13)21-12-14-6-3-2-4-7-14/h2-8,10,20H,9,11-12H2,1H3. The van der Waals surface area contributed by atoms with Gasteiger partial charge < -0.3 is 14.2 Å². The first kappa shape index (κ1) is 13.6. The highest BCUT2D eigenvalue weighted by Crippen LogP contribution is 2.23. The number of pyridine rings is 1. The van der Waals surface area contributed by atoms with Gasteiger partial charge in [-0.2, -0.15) is 0 Å². The summed E-state index contributed by atoms with van der Waals surface area (Å²) >= 11 is 0. The Morgan fingerprint density at radius 1 is 1.14 bits per heavy atom. The lowest BCUT2D eigenvalue weighted by molar-refractivity contribution is 0.297. The molecule has 0 saturated carbocycles. The summed E-state index contributed by atoms with van der Waals surface area (Å²) in [6.45, 7) is 2.59. The molecular weight excluding hydrogens is 264 g/mol. The Morgan fingerprint density at radius 2 is 1.95 bits per heavy atom. The largest absolute Gasteiger partial charge is 0.485 e. The fourth-order valence-electron chi connectivity index (χ4n) is 2.46. The van der Waals surface area contributed by atoms with Crippen LogP contribution >= 0.6 is 0 Å². The number of aliphatic hydroxyl groups excluding tert-OH is 1. The third kappa shape index (κ3) is 2.76. The van der Waals surface area contributed by atoms with E-state index in [0.717, 1.165) is 28.3 Å². The Bertz CT molecular complexity index is 735. The SMILES string of the molecule is Cc1nc2c(OCc3ccccc3)cccn2c1CCO. The fourth-order valence-corrected chi connectivity index (χ4v) is 2.46. The number of fused-ring (bicyclic) bond motifs is 1. The Kier molecular flexibility index (Phi) is 3.88. The van der Waals surface area contributed by atoms with Gasteiger partial charge in [-0.05, 0) is 24.6 Å². The van der Waals surface area contributed by atoms with Crippen molar-refractivity contribution in [2.24, 2.45) is 0 Å². The maximum absolute atomic E-state index is 9.17. The highest BCUT2D eigenvalue weighted by Gasteiger charge is 2.12. The minimum absolute atomic E-state index is 0.115. The molecule has 0 aliphatic heterocycles. The lowest BCUT2D eigenvalue weighted by Gasteiger charge is -2.08. The van der Waals surface area contributed by atoms with E-state index in [0.29, 0.717) is 13.0 Å². The van der Waals surface area contributed by atoms with Crippen LogP contribution in [0.15, 0.2) is 48.7 Å². The topological polar surface area (TPSA) is 46.8 Å². The monoisotopic (exact) mass is 282 g/mol. The molecule has 21 heavy (non-hydrogen) atoms. The second-order valence-corrected chi connectivity index (χ2v) is 4.96. The smallest absolute Gasteiger partial charge is 0.180 e. The minimum atomic E-state index is 0.115. The van der Waals surface area contributed by atoms with E-state index < -0.39 is 0 Å². The predicted octanol–water partition coefficient (Wildman–Crippen LogP) is 2.76. The summed E-state index contributed by atoms with van der Waals surface area (Å²) in [6.07, 6.45) is 2.55. The molecule has 4 heteroatoms. The molecule has 0 fully saturated rings. The van der Waals surface area contributed by atoms with Gasteiger partial charge in [-0.3, -0.25) is 0 Å². The van der Waals surface area contributed by atoms with Crippen LogP contribution in [0.1, 0.15) is 17.0 Å². The first-order chi connectivity index (χ1) is 10.3. The van der Waals surface area contributed by atoms with Crippen LogP contribution in [-0.4, -0.2) is 21.1 Å². The zero-order chi connectivity index (χ0) is 14.7. The normalized spacial score (nSPS) is 11.0. The molecular formula is C17H18N2O2. The van der Waals surface area contributed by atoms with Crippen LogP contribution in [0, 0.1) is 6.92 Å². The number of imidazole rings is 1. The third-order valence-electron chi connectivity index (χ3n) is 3.50. The summed E-state index contributed by atoms with van der Waals surface area (Å²) < 4.78 is 7.90. The Balaban J connectivity index is 1.90. The van der Waals surface area contributed by atoms with Crippen LogP contribution < -0.4 is 4.74 Å². The lowest BCUT2D eigenvalue weighted by Crippen LogP contribution is -2.00. The maximum Gasteiger partial charge on any atom is 0.180 e. The number of rotatable bonds is 5. The molecule has 108 valence electrons. The van der Waals surface area contributed by atoms with Crippen molar-refractivity contribution in [3.05, 3.63) is 65.6 Å². The van der Waals surface area contributed by atoms with Gasteiger partial charge >= 0.3 is 0 Å². The predicted molar refractivity (Wildman–Crippen MR) is 81.5 cm³/mol. The van der Waals surface area contributed by atoms with Crippen molar-refractivity contribution in [2.45, 2.75) is 20.0 Å². The van der Waals surface area contributed by atoms with Gasteiger partial charge in [0.15, 0.2) is 11.4 Å².